The number of benzene rings is 1. The van der Waals surface area contributed by atoms with Crippen molar-refractivity contribution in [1.82, 2.24) is 14.5 Å². The molecule has 0 unspecified atom stereocenters. The fourth-order valence-corrected chi connectivity index (χ4v) is 5.27. The summed E-state index contributed by atoms with van der Waals surface area (Å²) < 4.78 is 1.23. The largest absolute Gasteiger partial charge is 0.396 e. The lowest BCUT2D eigenvalue weighted by Gasteiger charge is -2.46. The van der Waals surface area contributed by atoms with Crippen LogP contribution in [-0.2, 0) is 0 Å². The van der Waals surface area contributed by atoms with Crippen LogP contribution in [0.25, 0.3) is 5.69 Å². The van der Waals surface area contributed by atoms with E-state index in [-0.39, 0.29) is 12.5 Å². The smallest absolute Gasteiger partial charge is 0.332 e. The molecule has 1 saturated carbocycles. The summed E-state index contributed by atoms with van der Waals surface area (Å²) >= 11 is 6.27. The SMILES string of the molecule is O=C(c1ccc(Cl)c(-n2ccc(=O)[nH]c2=O)c1)N1CCC2(CCC(CCO)CC2)CC1. The number of carbonyl (C=O) groups excluding carboxylic acids is 1. The van der Waals surface area contributed by atoms with Gasteiger partial charge in [-0.05, 0) is 74.5 Å². The Kier molecular flexibility index (Phi) is 6.34. The number of hydrogen-bond donors (Lipinski definition) is 2. The van der Waals surface area contributed by atoms with Crippen molar-refractivity contribution >= 4 is 17.5 Å². The Hall–Kier alpha value is -2.38. The molecular formula is C23H28ClN3O4. The number of aliphatic hydroxyl groups excluding tert-OH is 1. The van der Waals surface area contributed by atoms with Crippen molar-refractivity contribution in [3.63, 3.8) is 0 Å². The molecule has 0 radical (unpaired) electrons. The maximum Gasteiger partial charge on any atom is 0.332 e. The second-order valence-electron chi connectivity index (χ2n) is 8.89. The molecular weight excluding hydrogens is 418 g/mol. The first-order valence-electron chi connectivity index (χ1n) is 10.9. The van der Waals surface area contributed by atoms with Gasteiger partial charge in [-0.1, -0.05) is 11.6 Å². The molecule has 2 aromatic rings. The van der Waals surface area contributed by atoms with E-state index in [9.17, 15) is 19.5 Å². The van der Waals surface area contributed by atoms with Gasteiger partial charge in [0.05, 0.1) is 10.7 Å². The maximum absolute atomic E-state index is 13.2. The Balaban J connectivity index is 1.46. The van der Waals surface area contributed by atoms with E-state index < -0.39 is 11.2 Å². The number of nitrogens with one attached hydrogen (secondary N) is 1. The van der Waals surface area contributed by atoms with Crippen LogP contribution in [0, 0.1) is 11.3 Å². The lowest BCUT2D eigenvalue weighted by atomic mass is 9.65. The van der Waals surface area contributed by atoms with E-state index in [0.29, 0.717) is 27.6 Å². The number of halogens is 1. The van der Waals surface area contributed by atoms with Crippen LogP contribution in [-0.4, -0.2) is 45.2 Å². The van der Waals surface area contributed by atoms with Crippen LogP contribution in [0.15, 0.2) is 40.1 Å². The van der Waals surface area contributed by atoms with Gasteiger partial charge in [0.1, 0.15) is 0 Å². The topological polar surface area (TPSA) is 95.4 Å². The third kappa shape index (κ3) is 4.62. The van der Waals surface area contributed by atoms with Gasteiger partial charge in [-0.2, -0.15) is 0 Å². The lowest BCUT2D eigenvalue weighted by molar-refractivity contribution is 0.0378. The van der Waals surface area contributed by atoms with Gasteiger partial charge in [-0.25, -0.2) is 4.79 Å². The molecule has 2 fully saturated rings. The minimum Gasteiger partial charge on any atom is -0.396 e. The van der Waals surface area contributed by atoms with E-state index in [1.165, 1.54) is 42.5 Å². The molecule has 1 spiro atoms. The number of aromatic nitrogens is 2. The third-order valence-electron chi connectivity index (χ3n) is 7.09. The molecule has 31 heavy (non-hydrogen) atoms. The van der Waals surface area contributed by atoms with Gasteiger partial charge in [-0.15, -0.1) is 0 Å². The minimum absolute atomic E-state index is 0.0702. The Morgan fingerprint density at radius 3 is 2.48 bits per heavy atom. The van der Waals surface area contributed by atoms with Crippen LogP contribution in [0.1, 0.15) is 55.3 Å². The van der Waals surface area contributed by atoms with Crippen molar-refractivity contribution in [2.24, 2.45) is 11.3 Å². The Morgan fingerprint density at radius 2 is 1.84 bits per heavy atom. The van der Waals surface area contributed by atoms with Gasteiger partial charge in [0.25, 0.3) is 11.5 Å². The Morgan fingerprint density at radius 1 is 1.13 bits per heavy atom. The monoisotopic (exact) mass is 445 g/mol. The normalized spacial score (nSPS) is 19.0. The lowest BCUT2D eigenvalue weighted by Crippen LogP contribution is -2.44. The van der Waals surface area contributed by atoms with Crippen molar-refractivity contribution in [3.8, 4) is 5.69 Å². The molecule has 7 nitrogen and oxygen atoms in total. The second-order valence-corrected chi connectivity index (χ2v) is 9.30. The summed E-state index contributed by atoms with van der Waals surface area (Å²) in [6.07, 6.45) is 8.97. The Labute approximate surface area is 185 Å². The number of nitrogens with zero attached hydrogens (tertiary/aromatic N) is 2. The van der Waals surface area contributed by atoms with Gasteiger partial charge >= 0.3 is 5.69 Å². The average molecular weight is 446 g/mol. The number of aromatic amines is 1. The number of aliphatic hydroxyl groups is 1. The molecule has 1 aromatic carbocycles. The highest BCUT2D eigenvalue weighted by Crippen LogP contribution is 2.47. The van der Waals surface area contributed by atoms with Crippen molar-refractivity contribution in [1.29, 1.82) is 0 Å². The van der Waals surface area contributed by atoms with Gasteiger partial charge in [0.2, 0.25) is 0 Å². The standard InChI is InChI=1S/C23H28ClN3O4/c24-18-2-1-17(15-19(18)27-11-5-20(29)25-22(27)31)21(30)26-12-9-23(10-13-26)7-3-16(4-8-23)6-14-28/h1-2,5,11,15-16,28H,3-4,6-10,12-14H2,(H,25,29,31). The number of hydrogen-bond acceptors (Lipinski definition) is 4. The van der Waals surface area contributed by atoms with E-state index in [1.807, 2.05) is 4.90 Å². The predicted molar refractivity (Wildman–Crippen MR) is 119 cm³/mol. The van der Waals surface area contributed by atoms with E-state index >= 15 is 0 Å². The maximum atomic E-state index is 13.2. The van der Waals surface area contributed by atoms with Crippen LogP contribution in [0.2, 0.25) is 5.02 Å². The summed E-state index contributed by atoms with van der Waals surface area (Å²) in [7, 11) is 0. The first-order chi connectivity index (χ1) is 14.9. The molecule has 1 aliphatic carbocycles. The molecule has 1 saturated heterocycles. The molecule has 166 valence electrons. The summed E-state index contributed by atoms with van der Waals surface area (Å²) in [4.78, 5) is 40.7. The van der Waals surface area contributed by atoms with Gasteiger partial charge in [0, 0.05) is 37.5 Å². The van der Waals surface area contributed by atoms with E-state index in [1.54, 1.807) is 18.2 Å². The van der Waals surface area contributed by atoms with Crippen molar-refractivity contribution in [2.75, 3.05) is 19.7 Å². The highest BCUT2D eigenvalue weighted by Gasteiger charge is 2.38. The number of likely N-dealkylation sites (tertiary alicyclic amines) is 1. The molecule has 0 atom stereocenters. The van der Waals surface area contributed by atoms with E-state index in [4.69, 9.17) is 11.6 Å². The van der Waals surface area contributed by atoms with Crippen molar-refractivity contribution in [3.05, 3.63) is 61.9 Å². The summed E-state index contributed by atoms with van der Waals surface area (Å²) in [6, 6.07) is 6.13. The zero-order chi connectivity index (χ0) is 22.0. The number of carbonyl (C=O) groups is 1. The summed E-state index contributed by atoms with van der Waals surface area (Å²) in [5, 5.41) is 9.50. The number of amides is 1. The predicted octanol–water partition coefficient (Wildman–Crippen LogP) is 2.97. The molecule has 2 heterocycles. The molecule has 8 heteroatoms. The molecule has 2 N–H and O–H groups in total. The first kappa shape index (κ1) is 21.8. The number of H-pyrrole nitrogens is 1. The zero-order valence-corrected chi connectivity index (χ0v) is 18.2. The van der Waals surface area contributed by atoms with Crippen molar-refractivity contribution < 1.29 is 9.90 Å². The fourth-order valence-electron chi connectivity index (χ4n) is 5.07. The average Bonchev–Trinajstić information content (AvgIpc) is 2.77. The van der Waals surface area contributed by atoms with Crippen LogP contribution >= 0.6 is 11.6 Å². The first-order valence-corrected chi connectivity index (χ1v) is 11.3. The van der Waals surface area contributed by atoms with Crippen LogP contribution in [0.4, 0.5) is 0 Å². The Bertz CT molecular complexity index is 1060. The number of piperidine rings is 1. The van der Waals surface area contributed by atoms with Gasteiger partial charge in [0.15, 0.2) is 0 Å². The molecule has 0 bridgehead atoms. The van der Waals surface area contributed by atoms with Crippen LogP contribution < -0.4 is 11.2 Å². The van der Waals surface area contributed by atoms with E-state index in [2.05, 4.69) is 4.98 Å². The third-order valence-corrected chi connectivity index (χ3v) is 7.41. The van der Waals surface area contributed by atoms with Gasteiger partial charge < -0.3 is 10.0 Å². The minimum atomic E-state index is -0.601. The molecule has 1 aliphatic heterocycles. The van der Waals surface area contributed by atoms with Gasteiger partial charge in [-0.3, -0.25) is 19.1 Å². The summed E-state index contributed by atoms with van der Waals surface area (Å²) in [5.74, 6) is 0.568. The summed E-state index contributed by atoms with van der Waals surface area (Å²) in [6.45, 7) is 1.72. The van der Waals surface area contributed by atoms with E-state index in [0.717, 1.165) is 32.4 Å². The molecule has 2 aliphatic rings. The summed E-state index contributed by atoms with van der Waals surface area (Å²) in [5.41, 5.74) is 0.0782. The number of rotatable bonds is 4. The van der Waals surface area contributed by atoms with Crippen LogP contribution in [0.3, 0.4) is 0 Å². The van der Waals surface area contributed by atoms with Crippen molar-refractivity contribution in [2.45, 2.75) is 44.9 Å². The quantitative estimate of drug-likeness (QED) is 0.756. The fraction of sp³-hybridized carbons (Fsp3) is 0.522. The molecule has 1 aromatic heterocycles. The molecule has 1 amide bonds. The highest BCUT2D eigenvalue weighted by atomic mass is 35.5. The zero-order valence-electron chi connectivity index (χ0n) is 17.5. The highest BCUT2D eigenvalue weighted by molar-refractivity contribution is 6.32. The van der Waals surface area contributed by atoms with Crippen LogP contribution in [0.5, 0.6) is 0 Å². The molecule has 4 rings (SSSR count). The second kappa shape index (κ2) is 9.01.